The molecule has 0 aromatic carbocycles. The molecule has 5 nitrogen and oxygen atoms in total. The zero-order valence-electron chi connectivity index (χ0n) is 8.81. The van der Waals surface area contributed by atoms with E-state index in [0.717, 1.165) is 12.1 Å². The SMILES string of the molecule is N#Cc1cc(NCCCCC(=O)O)ccn1. The van der Waals surface area contributed by atoms with Gasteiger partial charge < -0.3 is 10.4 Å². The Labute approximate surface area is 93.7 Å². The molecule has 84 valence electrons. The minimum Gasteiger partial charge on any atom is -0.481 e. The van der Waals surface area contributed by atoms with E-state index in [1.807, 2.05) is 6.07 Å². The number of nitrogens with zero attached hydrogens (tertiary/aromatic N) is 2. The van der Waals surface area contributed by atoms with E-state index in [4.69, 9.17) is 10.4 Å². The zero-order chi connectivity index (χ0) is 11.8. The van der Waals surface area contributed by atoms with E-state index in [9.17, 15) is 4.79 Å². The van der Waals surface area contributed by atoms with Crippen LogP contribution in [0.15, 0.2) is 18.3 Å². The zero-order valence-corrected chi connectivity index (χ0v) is 8.81. The number of unbranched alkanes of at least 4 members (excludes halogenated alkanes) is 1. The predicted octanol–water partition coefficient (Wildman–Crippen LogP) is 1.62. The number of nitrogens with one attached hydrogen (secondary N) is 1. The summed E-state index contributed by atoms with van der Waals surface area (Å²) in [5, 5.41) is 20.2. The Kier molecular flexibility index (Phi) is 4.80. The van der Waals surface area contributed by atoms with Gasteiger partial charge in [0.05, 0.1) is 0 Å². The van der Waals surface area contributed by atoms with Gasteiger partial charge in [-0.25, -0.2) is 4.98 Å². The summed E-state index contributed by atoms with van der Waals surface area (Å²) in [6.07, 6.45) is 3.20. The van der Waals surface area contributed by atoms with E-state index in [-0.39, 0.29) is 6.42 Å². The second-order valence-electron chi connectivity index (χ2n) is 3.32. The van der Waals surface area contributed by atoms with E-state index in [2.05, 4.69) is 10.3 Å². The van der Waals surface area contributed by atoms with Gasteiger partial charge in [0.25, 0.3) is 0 Å². The highest BCUT2D eigenvalue weighted by atomic mass is 16.4. The maximum absolute atomic E-state index is 10.3. The van der Waals surface area contributed by atoms with Crippen LogP contribution in [0.3, 0.4) is 0 Å². The largest absolute Gasteiger partial charge is 0.481 e. The fourth-order valence-electron chi connectivity index (χ4n) is 1.24. The molecule has 0 amide bonds. The van der Waals surface area contributed by atoms with E-state index in [1.54, 1.807) is 18.3 Å². The number of carbonyl (C=O) groups is 1. The first-order chi connectivity index (χ1) is 7.72. The lowest BCUT2D eigenvalue weighted by Gasteiger charge is -2.05. The number of hydrogen-bond donors (Lipinski definition) is 2. The second kappa shape index (κ2) is 6.40. The summed E-state index contributed by atoms with van der Waals surface area (Å²) < 4.78 is 0. The summed E-state index contributed by atoms with van der Waals surface area (Å²) >= 11 is 0. The normalized spacial score (nSPS) is 9.44. The smallest absolute Gasteiger partial charge is 0.303 e. The van der Waals surface area contributed by atoms with E-state index in [0.29, 0.717) is 18.7 Å². The monoisotopic (exact) mass is 219 g/mol. The van der Waals surface area contributed by atoms with Gasteiger partial charge in [-0.3, -0.25) is 4.79 Å². The van der Waals surface area contributed by atoms with E-state index < -0.39 is 5.97 Å². The maximum atomic E-state index is 10.3. The van der Waals surface area contributed by atoms with Gasteiger partial charge in [-0.2, -0.15) is 5.26 Å². The first kappa shape index (κ1) is 12.0. The molecule has 0 fully saturated rings. The topological polar surface area (TPSA) is 86.0 Å². The number of pyridine rings is 1. The lowest BCUT2D eigenvalue weighted by molar-refractivity contribution is -0.137. The fraction of sp³-hybridized carbons (Fsp3) is 0.364. The van der Waals surface area contributed by atoms with Crippen LogP contribution >= 0.6 is 0 Å². The number of carboxylic acid groups (broad SMARTS) is 1. The molecule has 0 bridgehead atoms. The number of aromatic nitrogens is 1. The van der Waals surface area contributed by atoms with Crippen molar-refractivity contribution in [2.75, 3.05) is 11.9 Å². The van der Waals surface area contributed by atoms with Crippen molar-refractivity contribution in [3.63, 3.8) is 0 Å². The van der Waals surface area contributed by atoms with Crippen molar-refractivity contribution in [2.24, 2.45) is 0 Å². The van der Waals surface area contributed by atoms with Crippen LogP contribution in [0.1, 0.15) is 25.0 Å². The average Bonchev–Trinajstić information content (AvgIpc) is 2.28. The average molecular weight is 219 g/mol. The van der Waals surface area contributed by atoms with Crippen molar-refractivity contribution in [1.82, 2.24) is 4.98 Å². The fourth-order valence-corrected chi connectivity index (χ4v) is 1.24. The Morgan fingerprint density at radius 2 is 2.38 bits per heavy atom. The van der Waals surface area contributed by atoms with Crippen LogP contribution in [0, 0.1) is 11.3 Å². The summed E-state index contributed by atoms with van der Waals surface area (Å²) in [6, 6.07) is 5.39. The summed E-state index contributed by atoms with van der Waals surface area (Å²) in [5.41, 5.74) is 1.21. The van der Waals surface area contributed by atoms with E-state index >= 15 is 0 Å². The Bertz CT molecular complexity index is 398. The number of rotatable bonds is 6. The van der Waals surface area contributed by atoms with Gasteiger partial charge >= 0.3 is 5.97 Å². The molecule has 1 aromatic heterocycles. The summed E-state index contributed by atoms with van der Waals surface area (Å²) in [5.74, 6) is -0.768. The molecular formula is C11H13N3O2. The third-order valence-electron chi connectivity index (χ3n) is 2.02. The van der Waals surface area contributed by atoms with Crippen molar-refractivity contribution in [3.05, 3.63) is 24.0 Å². The van der Waals surface area contributed by atoms with Crippen molar-refractivity contribution in [1.29, 1.82) is 5.26 Å². The number of hydrogen-bond acceptors (Lipinski definition) is 4. The molecule has 1 heterocycles. The summed E-state index contributed by atoms with van der Waals surface area (Å²) in [4.78, 5) is 14.1. The maximum Gasteiger partial charge on any atom is 0.303 e. The van der Waals surface area contributed by atoms with Crippen LogP contribution < -0.4 is 5.32 Å². The predicted molar refractivity (Wildman–Crippen MR) is 58.9 cm³/mol. The van der Waals surface area contributed by atoms with Gasteiger partial charge in [0, 0.05) is 24.8 Å². The van der Waals surface area contributed by atoms with Gasteiger partial charge in [-0.1, -0.05) is 0 Å². The molecule has 1 aromatic rings. The third kappa shape index (κ3) is 4.42. The lowest BCUT2D eigenvalue weighted by atomic mass is 10.2. The number of anilines is 1. The molecule has 2 N–H and O–H groups in total. The molecule has 0 radical (unpaired) electrons. The Morgan fingerprint density at radius 1 is 1.56 bits per heavy atom. The van der Waals surface area contributed by atoms with Crippen molar-refractivity contribution < 1.29 is 9.90 Å². The molecule has 16 heavy (non-hydrogen) atoms. The highest BCUT2D eigenvalue weighted by molar-refractivity contribution is 5.66. The van der Waals surface area contributed by atoms with E-state index in [1.165, 1.54) is 0 Å². The molecule has 1 rings (SSSR count). The number of nitriles is 1. The molecule has 0 atom stereocenters. The third-order valence-corrected chi connectivity index (χ3v) is 2.02. The standard InChI is InChI=1S/C11H13N3O2/c12-8-10-7-9(4-6-14-10)13-5-2-1-3-11(15)16/h4,6-7H,1-3,5H2,(H,13,14)(H,15,16). The first-order valence-electron chi connectivity index (χ1n) is 5.04. The van der Waals surface area contributed by atoms with Crippen LogP contribution in [0.5, 0.6) is 0 Å². The number of aliphatic carboxylic acids is 1. The summed E-state index contributed by atoms with van der Waals surface area (Å²) in [7, 11) is 0. The molecule has 0 spiro atoms. The quantitative estimate of drug-likeness (QED) is 0.710. The van der Waals surface area contributed by atoms with Gasteiger partial charge in [0.15, 0.2) is 0 Å². The van der Waals surface area contributed by atoms with Crippen LogP contribution in [0.2, 0.25) is 0 Å². The Balaban J connectivity index is 2.27. The highest BCUT2D eigenvalue weighted by Gasteiger charge is 1.97. The molecule has 0 aliphatic heterocycles. The molecule has 5 heteroatoms. The first-order valence-corrected chi connectivity index (χ1v) is 5.04. The van der Waals surface area contributed by atoms with Crippen LogP contribution in [-0.2, 0) is 4.79 Å². The van der Waals surface area contributed by atoms with Gasteiger partial charge in [0.1, 0.15) is 11.8 Å². The van der Waals surface area contributed by atoms with Crippen molar-refractivity contribution in [2.45, 2.75) is 19.3 Å². The lowest BCUT2D eigenvalue weighted by Crippen LogP contribution is -2.03. The molecule has 0 aliphatic carbocycles. The Morgan fingerprint density at radius 3 is 3.06 bits per heavy atom. The van der Waals surface area contributed by atoms with Crippen LogP contribution in [0.25, 0.3) is 0 Å². The van der Waals surface area contributed by atoms with Crippen LogP contribution in [-0.4, -0.2) is 22.6 Å². The minimum absolute atomic E-state index is 0.196. The molecular weight excluding hydrogens is 206 g/mol. The molecule has 0 aliphatic rings. The molecule has 0 saturated heterocycles. The van der Waals surface area contributed by atoms with Crippen molar-refractivity contribution in [3.8, 4) is 6.07 Å². The minimum atomic E-state index is -0.768. The highest BCUT2D eigenvalue weighted by Crippen LogP contribution is 2.07. The second-order valence-corrected chi connectivity index (χ2v) is 3.32. The van der Waals surface area contributed by atoms with Gasteiger partial charge in [-0.15, -0.1) is 0 Å². The van der Waals surface area contributed by atoms with Gasteiger partial charge in [0.2, 0.25) is 0 Å². The molecule has 0 unspecified atom stereocenters. The molecule has 0 saturated carbocycles. The number of carboxylic acids is 1. The van der Waals surface area contributed by atoms with Gasteiger partial charge in [-0.05, 0) is 25.0 Å². The van der Waals surface area contributed by atoms with Crippen molar-refractivity contribution >= 4 is 11.7 Å². The summed E-state index contributed by atoms with van der Waals surface area (Å²) in [6.45, 7) is 0.697. The Hall–Kier alpha value is -2.09. The van der Waals surface area contributed by atoms with Crippen LogP contribution in [0.4, 0.5) is 5.69 Å².